The molecule has 40 heavy (non-hydrogen) atoms. The first kappa shape index (κ1) is 29.2. The third-order valence-corrected chi connectivity index (χ3v) is 8.75. The molecule has 0 saturated carbocycles. The number of methoxy groups -OCH3 is 2. The molecule has 2 heterocycles. The van der Waals surface area contributed by atoms with E-state index in [1.165, 1.54) is 0 Å². The Morgan fingerprint density at radius 2 is 1.23 bits per heavy atom. The maximum Gasteiger partial charge on any atom is 0.220 e. The first-order chi connectivity index (χ1) is 19.4. The maximum atomic E-state index is 6.75. The molecule has 0 amide bonds. The van der Waals surface area contributed by atoms with E-state index in [0.29, 0.717) is 19.8 Å². The average Bonchev–Trinajstić information content (AvgIpc) is 2.99. The molecule has 0 aliphatic carbocycles. The lowest BCUT2D eigenvalue weighted by Crippen LogP contribution is -2.72. The summed E-state index contributed by atoms with van der Waals surface area (Å²) in [4.78, 5) is 1.06. The Morgan fingerprint density at radius 3 is 1.80 bits per heavy atom. The van der Waals surface area contributed by atoms with Crippen LogP contribution in [-0.4, -0.2) is 62.3 Å². The molecule has 8 heteroatoms. The van der Waals surface area contributed by atoms with Crippen LogP contribution >= 0.6 is 11.8 Å². The molecule has 2 aliphatic rings. The standard InChI is InChI=1S/C32H38O7S/c1-31(33-3)32(2,34-4)39-29-28(38-31)27(36-21-24-16-10-6-11-17-24)26(22-35-20-23-14-8-5-9-15-23)37-30(29)40-25-18-12-7-13-19-25/h5-19,26-30H,20-22H2,1-4H3/t26-,27-,28+,29-,30+,31-,32-/m1/s1. The van der Waals surface area contributed by atoms with Gasteiger partial charge in [0.25, 0.3) is 0 Å². The number of thioether (sulfide) groups is 1. The summed E-state index contributed by atoms with van der Waals surface area (Å²) in [5, 5.41) is 0. The smallest absolute Gasteiger partial charge is 0.220 e. The van der Waals surface area contributed by atoms with E-state index in [2.05, 4.69) is 12.1 Å². The maximum absolute atomic E-state index is 6.75. The molecular weight excluding hydrogens is 528 g/mol. The lowest BCUT2D eigenvalue weighted by molar-refractivity contribution is -0.469. The summed E-state index contributed by atoms with van der Waals surface area (Å²) in [7, 11) is 3.18. The van der Waals surface area contributed by atoms with Crippen molar-refractivity contribution in [2.75, 3.05) is 20.8 Å². The van der Waals surface area contributed by atoms with Gasteiger partial charge in [-0.15, -0.1) is 0 Å². The topological polar surface area (TPSA) is 64.6 Å². The molecule has 0 bridgehead atoms. The monoisotopic (exact) mass is 566 g/mol. The molecule has 5 rings (SSSR count). The summed E-state index contributed by atoms with van der Waals surface area (Å²) in [5.74, 6) is -2.37. The van der Waals surface area contributed by atoms with Gasteiger partial charge in [0.05, 0.1) is 19.8 Å². The van der Waals surface area contributed by atoms with Crippen LogP contribution in [0.3, 0.4) is 0 Å². The van der Waals surface area contributed by atoms with Gasteiger partial charge < -0.3 is 33.2 Å². The number of benzene rings is 3. The summed E-state index contributed by atoms with van der Waals surface area (Å²) >= 11 is 1.58. The van der Waals surface area contributed by atoms with Crippen LogP contribution in [0.1, 0.15) is 25.0 Å². The summed E-state index contributed by atoms with van der Waals surface area (Å²) < 4.78 is 44.7. The SMILES string of the molecule is CO[C@]1(C)O[C@@H]2[C@@H](O[C@@]1(C)OC)[C@H](Sc1ccccc1)O[C@H](COCc1ccccc1)[C@H]2OCc1ccccc1. The Bertz CT molecular complexity index is 1180. The molecule has 3 aromatic carbocycles. The van der Waals surface area contributed by atoms with Gasteiger partial charge in [-0.2, -0.15) is 0 Å². The van der Waals surface area contributed by atoms with Crippen LogP contribution in [0.2, 0.25) is 0 Å². The largest absolute Gasteiger partial charge is 0.374 e. The van der Waals surface area contributed by atoms with Crippen LogP contribution in [0, 0.1) is 0 Å². The van der Waals surface area contributed by atoms with Crippen molar-refractivity contribution in [3.63, 3.8) is 0 Å². The van der Waals surface area contributed by atoms with Gasteiger partial charge in [-0.3, -0.25) is 0 Å². The van der Waals surface area contributed by atoms with E-state index >= 15 is 0 Å². The quantitative estimate of drug-likeness (QED) is 0.288. The fraction of sp³-hybridized carbons (Fsp3) is 0.438. The highest BCUT2D eigenvalue weighted by Gasteiger charge is 2.62. The van der Waals surface area contributed by atoms with E-state index in [1.807, 2.05) is 92.7 Å². The van der Waals surface area contributed by atoms with Gasteiger partial charge in [0.15, 0.2) is 0 Å². The third-order valence-electron chi connectivity index (χ3n) is 7.59. The Hall–Kier alpha value is -2.27. The average molecular weight is 567 g/mol. The Morgan fingerprint density at radius 1 is 0.700 bits per heavy atom. The summed E-state index contributed by atoms with van der Waals surface area (Å²) in [6.45, 7) is 4.82. The zero-order valence-electron chi connectivity index (χ0n) is 23.4. The van der Waals surface area contributed by atoms with Crippen LogP contribution in [0.15, 0.2) is 95.9 Å². The van der Waals surface area contributed by atoms with Gasteiger partial charge in [0.2, 0.25) is 11.6 Å². The second-order valence-electron chi connectivity index (χ2n) is 10.2. The predicted octanol–water partition coefficient (Wildman–Crippen LogP) is 5.82. The Kier molecular flexibility index (Phi) is 9.60. The molecule has 0 aromatic heterocycles. The highest BCUT2D eigenvalue weighted by molar-refractivity contribution is 7.99. The van der Waals surface area contributed by atoms with Crippen molar-refractivity contribution < 1.29 is 33.2 Å². The van der Waals surface area contributed by atoms with Gasteiger partial charge in [0, 0.05) is 19.1 Å². The molecule has 2 aliphatic heterocycles. The number of hydrogen-bond acceptors (Lipinski definition) is 8. The van der Waals surface area contributed by atoms with Gasteiger partial charge in [-0.1, -0.05) is 90.6 Å². The lowest BCUT2D eigenvalue weighted by Gasteiger charge is -2.57. The molecule has 2 fully saturated rings. The first-order valence-electron chi connectivity index (χ1n) is 13.5. The molecule has 7 atom stereocenters. The number of fused-ring (bicyclic) bond motifs is 1. The molecule has 0 spiro atoms. The van der Waals surface area contributed by atoms with Gasteiger partial charge in [0.1, 0.15) is 29.9 Å². The predicted molar refractivity (Wildman–Crippen MR) is 153 cm³/mol. The molecular formula is C32H38O7S. The first-order valence-corrected chi connectivity index (χ1v) is 14.4. The van der Waals surface area contributed by atoms with Crippen LogP contribution in [0.25, 0.3) is 0 Å². The number of hydrogen-bond donors (Lipinski definition) is 0. The van der Waals surface area contributed by atoms with Crippen LogP contribution < -0.4 is 0 Å². The highest BCUT2D eigenvalue weighted by atomic mass is 32.2. The lowest BCUT2D eigenvalue weighted by atomic mass is 9.95. The van der Waals surface area contributed by atoms with E-state index in [4.69, 9.17) is 33.2 Å². The van der Waals surface area contributed by atoms with E-state index in [9.17, 15) is 0 Å². The van der Waals surface area contributed by atoms with Crippen LogP contribution in [0.4, 0.5) is 0 Å². The Balaban J connectivity index is 1.44. The second kappa shape index (κ2) is 13.1. The molecule has 7 nitrogen and oxygen atoms in total. The molecule has 3 aromatic rings. The van der Waals surface area contributed by atoms with Gasteiger partial charge >= 0.3 is 0 Å². The van der Waals surface area contributed by atoms with Crippen molar-refractivity contribution in [3.05, 3.63) is 102 Å². The van der Waals surface area contributed by atoms with Crippen molar-refractivity contribution in [3.8, 4) is 0 Å². The third kappa shape index (κ3) is 6.45. The van der Waals surface area contributed by atoms with Crippen molar-refractivity contribution >= 4 is 11.8 Å². The van der Waals surface area contributed by atoms with E-state index in [0.717, 1.165) is 16.0 Å². The summed E-state index contributed by atoms with van der Waals surface area (Å²) in [5.41, 5.74) is 1.73. The van der Waals surface area contributed by atoms with Gasteiger partial charge in [-0.05, 0) is 37.1 Å². The molecule has 214 valence electrons. The second-order valence-corrected chi connectivity index (χ2v) is 11.4. The normalized spacial score (nSPS) is 31.9. The molecule has 0 unspecified atom stereocenters. The van der Waals surface area contributed by atoms with Crippen LogP contribution in [-0.2, 0) is 46.4 Å². The summed E-state index contributed by atoms with van der Waals surface area (Å²) in [6.07, 6.45) is -1.95. The number of ether oxygens (including phenoxy) is 7. The summed E-state index contributed by atoms with van der Waals surface area (Å²) in [6, 6.07) is 30.3. The van der Waals surface area contributed by atoms with E-state index < -0.39 is 41.4 Å². The Labute approximate surface area is 241 Å². The molecule has 2 saturated heterocycles. The zero-order valence-corrected chi connectivity index (χ0v) is 24.3. The fourth-order valence-electron chi connectivity index (χ4n) is 5.04. The van der Waals surface area contributed by atoms with Crippen LogP contribution in [0.5, 0.6) is 0 Å². The van der Waals surface area contributed by atoms with E-state index in [1.54, 1.807) is 26.0 Å². The van der Waals surface area contributed by atoms with Gasteiger partial charge in [-0.25, -0.2) is 0 Å². The van der Waals surface area contributed by atoms with Crippen molar-refractivity contribution in [2.24, 2.45) is 0 Å². The minimum Gasteiger partial charge on any atom is -0.374 e. The minimum absolute atomic E-state index is 0.317. The highest BCUT2D eigenvalue weighted by Crippen LogP contribution is 2.47. The zero-order chi connectivity index (χ0) is 28.0. The van der Waals surface area contributed by atoms with Crippen molar-refractivity contribution in [1.82, 2.24) is 0 Å². The van der Waals surface area contributed by atoms with E-state index in [-0.39, 0.29) is 0 Å². The molecule has 0 radical (unpaired) electrons. The van der Waals surface area contributed by atoms with Crippen molar-refractivity contribution in [2.45, 2.75) is 73.4 Å². The number of rotatable bonds is 11. The minimum atomic E-state index is -1.19. The molecule has 0 N–H and O–H groups in total. The fourth-order valence-corrected chi connectivity index (χ4v) is 6.16. The van der Waals surface area contributed by atoms with Crippen molar-refractivity contribution in [1.29, 1.82) is 0 Å².